The highest BCUT2D eigenvalue weighted by Gasteiger charge is 2.21. The normalized spacial score (nSPS) is 11.8. The molecule has 0 aliphatic rings. The first-order valence-electron chi connectivity index (χ1n) is 10.1. The number of rotatable bonds is 3. The molecular weight excluding hydrogens is 428 g/mol. The van der Waals surface area contributed by atoms with Gasteiger partial charge in [-0.05, 0) is 71.9 Å². The SMILES string of the molecule is CN(C(=O)OC(C)(C)C)c1ccc(-c2nc3ccc(NC(=O)OC(C)(C)C)cc3s2)cn1. The van der Waals surface area contributed by atoms with E-state index in [0.29, 0.717) is 11.5 Å². The lowest BCUT2D eigenvalue weighted by atomic mass is 10.2. The van der Waals surface area contributed by atoms with E-state index in [1.165, 1.54) is 16.2 Å². The molecule has 0 aliphatic carbocycles. The molecule has 2 amide bonds. The van der Waals surface area contributed by atoms with Crippen molar-refractivity contribution in [3.63, 3.8) is 0 Å². The van der Waals surface area contributed by atoms with Gasteiger partial charge in [0, 0.05) is 24.5 Å². The highest BCUT2D eigenvalue weighted by Crippen LogP contribution is 2.32. The van der Waals surface area contributed by atoms with Crippen molar-refractivity contribution in [3.8, 4) is 10.6 Å². The van der Waals surface area contributed by atoms with Gasteiger partial charge in [-0.15, -0.1) is 11.3 Å². The van der Waals surface area contributed by atoms with Crippen LogP contribution in [0.25, 0.3) is 20.8 Å². The molecule has 170 valence electrons. The molecule has 0 unspecified atom stereocenters. The van der Waals surface area contributed by atoms with Crippen molar-refractivity contribution in [2.45, 2.75) is 52.7 Å². The predicted octanol–water partition coefficient (Wildman–Crippen LogP) is 6.08. The number of pyridine rings is 1. The molecular formula is C23H28N4O4S. The van der Waals surface area contributed by atoms with Gasteiger partial charge in [0.05, 0.1) is 10.2 Å². The summed E-state index contributed by atoms with van der Waals surface area (Å²) < 4.78 is 11.6. The third kappa shape index (κ3) is 6.16. The van der Waals surface area contributed by atoms with Crippen LogP contribution in [0, 0.1) is 0 Å². The molecule has 3 rings (SSSR count). The standard InChI is InChI=1S/C23H28N4O4S/c1-22(2,3)30-20(28)25-15-9-10-16-17(12-15)32-19(26-16)14-8-11-18(24-13-14)27(7)21(29)31-23(4,5)6/h8-13H,1-7H3,(H,25,28). The summed E-state index contributed by atoms with van der Waals surface area (Å²) in [5, 5.41) is 3.53. The average molecular weight is 457 g/mol. The Bertz CT molecular complexity index is 1130. The Labute approximate surface area is 191 Å². The van der Waals surface area contributed by atoms with E-state index in [1.807, 2.05) is 59.7 Å². The van der Waals surface area contributed by atoms with Crippen LogP contribution in [-0.2, 0) is 9.47 Å². The fourth-order valence-electron chi connectivity index (χ4n) is 2.68. The Morgan fingerprint density at radius 1 is 1.00 bits per heavy atom. The van der Waals surface area contributed by atoms with Gasteiger partial charge in [-0.25, -0.2) is 19.6 Å². The van der Waals surface area contributed by atoms with Gasteiger partial charge >= 0.3 is 12.2 Å². The Morgan fingerprint density at radius 3 is 2.28 bits per heavy atom. The molecule has 32 heavy (non-hydrogen) atoms. The summed E-state index contributed by atoms with van der Waals surface area (Å²) in [6.45, 7) is 10.9. The van der Waals surface area contributed by atoms with Crippen LogP contribution in [0.1, 0.15) is 41.5 Å². The van der Waals surface area contributed by atoms with Gasteiger partial charge in [0.25, 0.3) is 0 Å². The Morgan fingerprint density at radius 2 is 1.69 bits per heavy atom. The molecule has 0 saturated carbocycles. The van der Waals surface area contributed by atoms with Crippen LogP contribution >= 0.6 is 11.3 Å². The van der Waals surface area contributed by atoms with Crippen molar-refractivity contribution in [1.29, 1.82) is 0 Å². The smallest absolute Gasteiger partial charge is 0.415 e. The van der Waals surface area contributed by atoms with E-state index in [0.717, 1.165) is 20.8 Å². The molecule has 1 N–H and O–H groups in total. The zero-order chi connectivity index (χ0) is 23.7. The van der Waals surface area contributed by atoms with Crippen LogP contribution in [0.2, 0.25) is 0 Å². The van der Waals surface area contributed by atoms with Crippen LogP contribution in [0.4, 0.5) is 21.1 Å². The van der Waals surface area contributed by atoms with Gasteiger partial charge in [0.2, 0.25) is 0 Å². The van der Waals surface area contributed by atoms with Crippen LogP contribution in [0.3, 0.4) is 0 Å². The van der Waals surface area contributed by atoms with E-state index in [9.17, 15) is 9.59 Å². The summed E-state index contributed by atoms with van der Waals surface area (Å²) >= 11 is 1.48. The Balaban J connectivity index is 1.75. The van der Waals surface area contributed by atoms with Gasteiger partial charge in [-0.1, -0.05) is 0 Å². The summed E-state index contributed by atoms with van der Waals surface area (Å²) in [7, 11) is 1.62. The molecule has 8 nitrogen and oxygen atoms in total. The number of nitrogens with zero attached hydrogens (tertiary/aromatic N) is 3. The van der Waals surface area contributed by atoms with Crippen molar-refractivity contribution in [2.75, 3.05) is 17.3 Å². The molecule has 0 radical (unpaired) electrons. The number of amides is 2. The van der Waals surface area contributed by atoms with E-state index in [-0.39, 0.29) is 0 Å². The second kappa shape index (κ2) is 8.74. The van der Waals surface area contributed by atoms with Gasteiger partial charge < -0.3 is 9.47 Å². The molecule has 0 aliphatic heterocycles. The van der Waals surface area contributed by atoms with Crippen LogP contribution in [-0.4, -0.2) is 40.4 Å². The fraction of sp³-hybridized carbons (Fsp3) is 0.391. The van der Waals surface area contributed by atoms with Gasteiger partial charge in [0.15, 0.2) is 0 Å². The summed E-state index contributed by atoms with van der Waals surface area (Å²) in [5.74, 6) is 0.480. The number of carbonyl (C=O) groups excluding carboxylic acids is 2. The van der Waals surface area contributed by atoms with Crippen LogP contribution in [0.15, 0.2) is 36.5 Å². The first-order chi connectivity index (χ1) is 14.8. The number of hydrogen-bond donors (Lipinski definition) is 1. The predicted molar refractivity (Wildman–Crippen MR) is 127 cm³/mol. The summed E-state index contributed by atoms with van der Waals surface area (Å²) in [4.78, 5) is 34.6. The number of hydrogen-bond acceptors (Lipinski definition) is 7. The van der Waals surface area contributed by atoms with Gasteiger partial charge in [-0.2, -0.15) is 0 Å². The zero-order valence-electron chi connectivity index (χ0n) is 19.3. The minimum absolute atomic E-state index is 0.470. The fourth-order valence-corrected chi connectivity index (χ4v) is 3.68. The van der Waals surface area contributed by atoms with E-state index in [2.05, 4.69) is 15.3 Å². The van der Waals surface area contributed by atoms with Crippen LogP contribution < -0.4 is 10.2 Å². The number of thiazole rings is 1. The molecule has 0 bridgehead atoms. The van der Waals surface area contributed by atoms with Crippen molar-refractivity contribution in [1.82, 2.24) is 9.97 Å². The molecule has 0 saturated heterocycles. The lowest BCUT2D eigenvalue weighted by Gasteiger charge is -2.24. The maximum Gasteiger partial charge on any atom is 0.415 e. The number of carbonyl (C=O) groups is 2. The van der Waals surface area contributed by atoms with Crippen molar-refractivity contribution >= 4 is 45.2 Å². The number of aromatic nitrogens is 2. The molecule has 1 aromatic carbocycles. The second-order valence-electron chi connectivity index (χ2n) is 9.27. The first kappa shape index (κ1) is 23.5. The monoisotopic (exact) mass is 456 g/mol. The highest BCUT2D eigenvalue weighted by atomic mass is 32.1. The molecule has 3 aromatic rings. The third-order valence-corrected chi connectivity index (χ3v) is 5.11. The first-order valence-corrected chi connectivity index (χ1v) is 11.0. The van der Waals surface area contributed by atoms with E-state index >= 15 is 0 Å². The van der Waals surface area contributed by atoms with Gasteiger partial charge in [-0.3, -0.25) is 10.2 Å². The molecule has 0 spiro atoms. The number of nitrogens with one attached hydrogen (secondary N) is 1. The Kier molecular flexibility index (Phi) is 6.41. The molecule has 2 aromatic heterocycles. The second-order valence-corrected chi connectivity index (χ2v) is 10.3. The van der Waals surface area contributed by atoms with E-state index in [1.54, 1.807) is 25.4 Å². The number of fused-ring (bicyclic) bond motifs is 1. The largest absolute Gasteiger partial charge is 0.444 e. The zero-order valence-corrected chi connectivity index (χ0v) is 20.2. The average Bonchev–Trinajstić information content (AvgIpc) is 3.08. The maximum atomic E-state index is 12.2. The van der Waals surface area contributed by atoms with Crippen molar-refractivity contribution < 1.29 is 19.1 Å². The van der Waals surface area contributed by atoms with E-state index < -0.39 is 23.4 Å². The molecule has 0 atom stereocenters. The molecule has 9 heteroatoms. The third-order valence-electron chi connectivity index (χ3n) is 4.04. The molecule has 0 fully saturated rings. The lowest BCUT2D eigenvalue weighted by molar-refractivity contribution is 0.0586. The number of anilines is 2. The summed E-state index contributed by atoms with van der Waals surface area (Å²) in [6, 6.07) is 9.10. The Hall–Kier alpha value is -3.20. The summed E-state index contributed by atoms with van der Waals surface area (Å²) in [5.41, 5.74) is 1.13. The summed E-state index contributed by atoms with van der Waals surface area (Å²) in [6.07, 6.45) is 0.701. The van der Waals surface area contributed by atoms with Gasteiger partial charge in [0.1, 0.15) is 22.0 Å². The topological polar surface area (TPSA) is 93.7 Å². The van der Waals surface area contributed by atoms with Crippen molar-refractivity contribution in [3.05, 3.63) is 36.5 Å². The lowest BCUT2D eigenvalue weighted by Crippen LogP contribution is -2.34. The van der Waals surface area contributed by atoms with Crippen molar-refractivity contribution in [2.24, 2.45) is 0 Å². The maximum absolute atomic E-state index is 12.2. The van der Waals surface area contributed by atoms with Crippen LogP contribution in [0.5, 0.6) is 0 Å². The highest BCUT2D eigenvalue weighted by molar-refractivity contribution is 7.21. The minimum Gasteiger partial charge on any atom is -0.444 e. The van der Waals surface area contributed by atoms with E-state index in [4.69, 9.17) is 9.47 Å². The quantitative estimate of drug-likeness (QED) is 0.513. The number of ether oxygens (including phenoxy) is 2. The molecule has 2 heterocycles. The number of benzene rings is 1. The minimum atomic E-state index is -0.580.